The Bertz CT molecular complexity index is 1470. The molecule has 0 bridgehead atoms. The van der Waals surface area contributed by atoms with Gasteiger partial charge in [0.2, 0.25) is 0 Å². The number of ketones is 1. The third-order valence-corrected chi connectivity index (χ3v) is 6.25. The van der Waals surface area contributed by atoms with Crippen LogP contribution in [0.2, 0.25) is 0 Å². The minimum Gasteiger partial charge on any atom is -0.508 e. The van der Waals surface area contributed by atoms with Crippen molar-refractivity contribution in [1.82, 2.24) is 4.90 Å². The molecule has 1 amide bonds. The molecule has 3 aromatic carbocycles. The normalized spacial score (nSPS) is 16.8. The number of aromatic hydroxyl groups is 1. The molecule has 7 heteroatoms. The van der Waals surface area contributed by atoms with E-state index in [1.165, 1.54) is 23.3 Å². The quantitative estimate of drug-likeness (QED) is 0.200. The zero-order valence-corrected chi connectivity index (χ0v) is 20.1. The lowest BCUT2D eigenvalue weighted by molar-refractivity contribution is -0.140. The van der Waals surface area contributed by atoms with Crippen molar-refractivity contribution in [1.29, 1.82) is 0 Å². The molecular weight excluding hydrogens is 470 g/mol. The van der Waals surface area contributed by atoms with Crippen molar-refractivity contribution in [3.05, 3.63) is 125 Å². The molecule has 2 N–H and O–H groups in total. The minimum atomic E-state index is -0.908. The van der Waals surface area contributed by atoms with E-state index in [-0.39, 0.29) is 23.6 Å². The number of likely N-dealkylation sites (tertiary alicyclic amines) is 1. The summed E-state index contributed by atoms with van der Waals surface area (Å²) in [4.78, 5) is 27.5. The Kier molecular flexibility index (Phi) is 6.51. The number of hydrogen-bond acceptors (Lipinski definition) is 6. The lowest BCUT2D eigenvalue weighted by atomic mass is 9.95. The zero-order chi connectivity index (χ0) is 25.9. The van der Waals surface area contributed by atoms with Crippen molar-refractivity contribution < 1.29 is 29.0 Å². The average Bonchev–Trinajstić information content (AvgIpc) is 3.50. The standard InChI is InChI=1S/C30H25NO6/c1-19-5-2-6-20(15-19)18-37-24-12-10-21(11-13-24)28(33)26-27(22-7-3-8-23(32)16-22)31(30(35)29(26)34)17-25-9-4-14-36-25/h2-16,27,32-33H,17-18H2,1H3. The van der Waals surface area contributed by atoms with Crippen molar-refractivity contribution in [3.8, 4) is 11.5 Å². The Morgan fingerprint density at radius 2 is 1.76 bits per heavy atom. The van der Waals surface area contributed by atoms with Crippen LogP contribution in [-0.4, -0.2) is 26.8 Å². The SMILES string of the molecule is Cc1cccc(COc2ccc(C(O)=C3C(=O)C(=O)N(Cc4ccco4)C3c3cccc(O)c3)cc2)c1. The summed E-state index contributed by atoms with van der Waals surface area (Å²) in [7, 11) is 0. The average molecular weight is 496 g/mol. The zero-order valence-electron chi connectivity index (χ0n) is 20.1. The number of Topliss-reactive ketones (excluding diaryl/α,β-unsaturated/α-hetero) is 1. The van der Waals surface area contributed by atoms with Crippen LogP contribution in [0.5, 0.6) is 11.5 Å². The number of amides is 1. The van der Waals surface area contributed by atoms with Crippen molar-refractivity contribution in [2.45, 2.75) is 26.1 Å². The van der Waals surface area contributed by atoms with Crippen molar-refractivity contribution in [2.75, 3.05) is 0 Å². The molecule has 1 aromatic heterocycles. The summed E-state index contributed by atoms with van der Waals surface area (Å²) < 4.78 is 11.3. The van der Waals surface area contributed by atoms with Gasteiger partial charge < -0.3 is 24.3 Å². The largest absolute Gasteiger partial charge is 0.508 e. The highest BCUT2D eigenvalue weighted by Crippen LogP contribution is 2.41. The maximum absolute atomic E-state index is 13.2. The van der Waals surface area contributed by atoms with Crippen LogP contribution in [0.15, 0.2) is 101 Å². The Labute approximate surface area is 213 Å². The molecule has 0 spiro atoms. The number of nitrogens with zero attached hydrogens (tertiary/aromatic N) is 1. The van der Waals surface area contributed by atoms with Crippen molar-refractivity contribution in [3.63, 3.8) is 0 Å². The third-order valence-electron chi connectivity index (χ3n) is 6.25. The van der Waals surface area contributed by atoms with Crippen LogP contribution in [0, 0.1) is 6.92 Å². The summed E-state index contributed by atoms with van der Waals surface area (Å²) in [6.07, 6.45) is 1.48. The molecule has 1 unspecified atom stereocenters. The number of aryl methyl sites for hydroxylation is 1. The summed E-state index contributed by atoms with van der Waals surface area (Å²) in [6.45, 7) is 2.44. The molecular formula is C30H25NO6. The molecule has 0 saturated carbocycles. The molecule has 5 rings (SSSR count). The summed E-state index contributed by atoms with van der Waals surface area (Å²) in [5.74, 6) is -0.806. The van der Waals surface area contributed by atoms with Crippen LogP contribution in [0.1, 0.15) is 34.1 Å². The first-order valence-electron chi connectivity index (χ1n) is 11.8. The Morgan fingerprint density at radius 1 is 0.973 bits per heavy atom. The third kappa shape index (κ3) is 4.97. The number of carbonyl (C=O) groups excluding carboxylic acids is 2. The summed E-state index contributed by atoms with van der Waals surface area (Å²) in [5.41, 5.74) is 2.98. The summed E-state index contributed by atoms with van der Waals surface area (Å²) in [5, 5.41) is 21.3. The first kappa shape index (κ1) is 23.9. The van der Waals surface area contributed by atoms with Crippen LogP contribution < -0.4 is 4.74 Å². The van der Waals surface area contributed by atoms with Gasteiger partial charge in [0.05, 0.1) is 24.4 Å². The van der Waals surface area contributed by atoms with Gasteiger partial charge in [0.1, 0.15) is 29.6 Å². The number of hydrogen-bond donors (Lipinski definition) is 2. The van der Waals surface area contributed by atoms with Crippen LogP contribution in [-0.2, 0) is 22.7 Å². The summed E-state index contributed by atoms with van der Waals surface area (Å²) in [6, 6.07) is 23.5. The number of benzene rings is 3. The fourth-order valence-electron chi connectivity index (χ4n) is 4.49. The minimum absolute atomic E-state index is 0.0174. The summed E-state index contributed by atoms with van der Waals surface area (Å²) >= 11 is 0. The highest BCUT2D eigenvalue weighted by Gasteiger charge is 2.46. The van der Waals surface area contributed by atoms with E-state index in [1.54, 1.807) is 48.5 Å². The van der Waals surface area contributed by atoms with E-state index in [1.807, 2.05) is 31.2 Å². The molecule has 4 aromatic rings. The molecule has 7 nitrogen and oxygen atoms in total. The van der Waals surface area contributed by atoms with E-state index in [4.69, 9.17) is 9.15 Å². The van der Waals surface area contributed by atoms with Gasteiger partial charge in [-0.25, -0.2) is 0 Å². The number of aliphatic hydroxyl groups is 1. The molecule has 0 radical (unpaired) electrons. The van der Waals surface area contributed by atoms with Gasteiger partial charge in [-0.2, -0.15) is 0 Å². The first-order valence-corrected chi connectivity index (χ1v) is 11.8. The fraction of sp³-hybridized carbons (Fsp3) is 0.133. The fourth-order valence-corrected chi connectivity index (χ4v) is 4.49. The van der Waals surface area contributed by atoms with Gasteiger partial charge >= 0.3 is 0 Å². The Balaban J connectivity index is 1.47. The van der Waals surface area contributed by atoms with Crippen LogP contribution in [0.3, 0.4) is 0 Å². The van der Waals surface area contributed by atoms with Crippen molar-refractivity contribution in [2.24, 2.45) is 0 Å². The monoisotopic (exact) mass is 495 g/mol. The lowest BCUT2D eigenvalue weighted by Gasteiger charge is -2.24. The van der Waals surface area contributed by atoms with Crippen molar-refractivity contribution >= 4 is 17.4 Å². The number of furan rings is 1. The van der Waals surface area contributed by atoms with Crippen LogP contribution in [0.4, 0.5) is 0 Å². The maximum atomic E-state index is 13.2. The van der Waals surface area contributed by atoms with Crippen LogP contribution >= 0.6 is 0 Å². The Hall–Kier alpha value is -4.78. The van der Waals surface area contributed by atoms with E-state index >= 15 is 0 Å². The highest BCUT2D eigenvalue weighted by molar-refractivity contribution is 6.46. The Morgan fingerprint density at radius 3 is 2.46 bits per heavy atom. The van der Waals surface area contributed by atoms with E-state index < -0.39 is 17.7 Å². The number of ether oxygens (including phenoxy) is 1. The first-order chi connectivity index (χ1) is 17.9. The van der Waals surface area contributed by atoms with E-state index in [2.05, 4.69) is 0 Å². The second-order valence-electron chi connectivity index (χ2n) is 8.90. The van der Waals surface area contributed by atoms with Gasteiger partial charge in [0, 0.05) is 5.56 Å². The maximum Gasteiger partial charge on any atom is 0.296 e. The molecule has 1 fully saturated rings. The van der Waals surface area contributed by atoms with Gasteiger partial charge in [-0.1, -0.05) is 42.0 Å². The molecule has 1 atom stereocenters. The second-order valence-corrected chi connectivity index (χ2v) is 8.90. The van der Waals surface area contributed by atoms with E-state index in [0.29, 0.717) is 29.2 Å². The van der Waals surface area contributed by atoms with Crippen LogP contribution in [0.25, 0.3) is 5.76 Å². The number of phenolic OH excluding ortho intramolecular Hbond substituents is 1. The van der Waals surface area contributed by atoms with Gasteiger partial charge in [0.15, 0.2) is 0 Å². The topological polar surface area (TPSA) is 100 Å². The van der Waals surface area contributed by atoms with E-state index in [9.17, 15) is 19.8 Å². The van der Waals surface area contributed by atoms with Gasteiger partial charge in [0.25, 0.3) is 11.7 Å². The smallest absolute Gasteiger partial charge is 0.296 e. The van der Waals surface area contributed by atoms with Gasteiger partial charge in [-0.05, 0) is 66.6 Å². The molecule has 1 saturated heterocycles. The van der Waals surface area contributed by atoms with Gasteiger partial charge in [-0.3, -0.25) is 9.59 Å². The number of phenols is 1. The predicted octanol–water partition coefficient (Wildman–Crippen LogP) is 5.49. The second kappa shape index (κ2) is 10.1. The lowest BCUT2D eigenvalue weighted by Crippen LogP contribution is -2.29. The molecule has 1 aliphatic rings. The molecule has 37 heavy (non-hydrogen) atoms. The molecule has 1 aliphatic heterocycles. The predicted molar refractivity (Wildman–Crippen MR) is 137 cm³/mol. The number of carbonyl (C=O) groups is 2. The number of aliphatic hydroxyl groups excluding tert-OH is 1. The molecule has 2 heterocycles. The van der Waals surface area contributed by atoms with E-state index in [0.717, 1.165) is 11.1 Å². The molecule has 0 aliphatic carbocycles. The number of rotatable bonds is 7. The van der Waals surface area contributed by atoms with Gasteiger partial charge in [-0.15, -0.1) is 0 Å². The molecule has 186 valence electrons. The highest BCUT2D eigenvalue weighted by atomic mass is 16.5.